The number of aldehydes is 1. The van der Waals surface area contributed by atoms with Gasteiger partial charge < -0.3 is 10.1 Å². The molecule has 0 saturated heterocycles. The molecule has 1 radical (unpaired) electrons. The van der Waals surface area contributed by atoms with Crippen molar-refractivity contribution in [3.8, 4) is 5.75 Å². The van der Waals surface area contributed by atoms with Gasteiger partial charge in [-0.15, -0.1) is 12.7 Å². The number of carbonyl (C=O) groups excluding carboxylic acids is 1. The van der Waals surface area contributed by atoms with Gasteiger partial charge in [-0.3, -0.25) is 4.79 Å². The van der Waals surface area contributed by atoms with Gasteiger partial charge in [0.05, 0.1) is 12.7 Å². The van der Waals surface area contributed by atoms with Crippen molar-refractivity contribution in [1.82, 2.24) is 0 Å². The molecule has 1 rings (SSSR count). The first-order chi connectivity index (χ1) is 6.22. The zero-order valence-corrected chi connectivity index (χ0v) is 11.5. The molecule has 0 atom stereocenters. The van der Waals surface area contributed by atoms with Gasteiger partial charge in [0.2, 0.25) is 0 Å². The van der Waals surface area contributed by atoms with Crippen molar-refractivity contribution >= 4 is 23.6 Å². The van der Waals surface area contributed by atoms with E-state index in [0.717, 1.165) is 0 Å². The van der Waals surface area contributed by atoms with E-state index in [-0.39, 0.29) is 32.7 Å². The summed E-state index contributed by atoms with van der Waals surface area (Å²) in [6.07, 6.45) is 0.699. The van der Waals surface area contributed by atoms with Crippen molar-refractivity contribution in [2.75, 3.05) is 14.2 Å². The van der Waals surface area contributed by atoms with Crippen LogP contribution >= 0.6 is 11.6 Å². The first-order valence-corrected chi connectivity index (χ1v) is 4.03. The number of rotatable bonds is 3. The van der Waals surface area contributed by atoms with E-state index in [0.29, 0.717) is 28.3 Å². The number of hydrogen-bond donors (Lipinski definition) is 0. The zero-order chi connectivity index (χ0) is 9.84. The van der Waals surface area contributed by atoms with Gasteiger partial charge in [0, 0.05) is 37.7 Å². The molecule has 0 aromatic heterocycles. The Morgan fingerprint density at radius 1 is 1.50 bits per heavy atom. The van der Waals surface area contributed by atoms with E-state index in [9.17, 15) is 4.79 Å². The SMILES string of the molecule is C[N-]c1cc(OC)c(C=O)cc1Cl.[Y]. The summed E-state index contributed by atoms with van der Waals surface area (Å²) >= 11 is 5.83. The molecule has 0 saturated carbocycles. The molecule has 0 heterocycles. The van der Waals surface area contributed by atoms with Gasteiger partial charge in [-0.05, 0) is 12.1 Å². The number of ether oxygens (including phenoxy) is 1. The van der Waals surface area contributed by atoms with Crippen LogP contribution in [-0.2, 0) is 32.7 Å². The minimum Gasteiger partial charge on any atom is -0.686 e. The van der Waals surface area contributed by atoms with Crippen molar-refractivity contribution < 1.29 is 42.2 Å². The summed E-state index contributed by atoms with van der Waals surface area (Å²) in [5, 5.41) is 4.38. The average Bonchev–Trinajstić information content (AvgIpc) is 2.17. The Balaban J connectivity index is 0.00000169. The predicted octanol–water partition coefficient (Wildman–Crippen LogP) is 2.79. The van der Waals surface area contributed by atoms with Crippen molar-refractivity contribution in [3.63, 3.8) is 0 Å². The molecule has 0 aliphatic heterocycles. The van der Waals surface area contributed by atoms with Crippen LogP contribution in [0.5, 0.6) is 5.75 Å². The Bertz CT molecular complexity index is 331. The molecule has 0 unspecified atom stereocenters. The summed E-state index contributed by atoms with van der Waals surface area (Å²) in [6.45, 7) is 0. The molecule has 0 N–H and O–H groups in total. The van der Waals surface area contributed by atoms with Gasteiger partial charge in [0.1, 0.15) is 5.75 Å². The monoisotopic (exact) mass is 287 g/mol. The smallest absolute Gasteiger partial charge is 0.153 e. The van der Waals surface area contributed by atoms with Gasteiger partial charge in [-0.1, -0.05) is 11.6 Å². The third kappa shape index (κ3) is 2.94. The van der Waals surface area contributed by atoms with Crippen LogP contribution < -0.4 is 4.74 Å². The van der Waals surface area contributed by atoms with Gasteiger partial charge >= 0.3 is 0 Å². The van der Waals surface area contributed by atoms with Crippen molar-refractivity contribution in [3.05, 3.63) is 28.0 Å². The molecule has 5 heteroatoms. The Hall–Kier alpha value is -0.116. The van der Waals surface area contributed by atoms with E-state index in [1.165, 1.54) is 13.2 Å². The summed E-state index contributed by atoms with van der Waals surface area (Å²) in [5.74, 6) is 0.486. The Morgan fingerprint density at radius 3 is 2.57 bits per heavy atom. The quantitative estimate of drug-likeness (QED) is 0.802. The van der Waals surface area contributed by atoms with E-state index in [2.05, 4.69) is 5.32 Å². The van der Waals surface area contributed by atoms with Crippen LogP contribution in [-0.4, -0.2) is 20.4 Å². The molecule has 0 spiro atoms. The number of hydrogen-bond acceptors (Lipinski definition) is 2. The minimum atomic E-state index is 0. The standard InChI is InChI=1S/C9H10ClNO2.Y/c1-11-8-4-9(13-2)6(5-12)3-7(8)10;/h3-5H,1-2H3,(H,11,12);/p-1. The van der Waals surface area contributed by atoms with Crippen LogP contribution in [0.25, 0.3) is 5.32 Å². The maximum absolute atomic E-state index is 10.6. The minimum absolute atomic E-state index is 0. The fraction of sp³-hybridized carbons (Fsp3) is 0.222. The summed E-state index contributed by atoms with van der Waals surface area (Å²) in [6, 6.07) is 3.17. The molecular formula is C9H9ClNO2Y-. The summed E-state index contributed by atoms with van der Waals surface area (Å²) in [4.78, 5) is 10.6. The largest absolute Gasteiger partial charge is 0.686 e. The molecule has 0 aliphatic carbocycles. The third-order valence-corrected chi connectivity index (χ3v) is 1.97. The molecule has 14 heavy (non-hydrogen) atoms. The molecule has 73 valence electrons. The van der Waals surface area contributed by atoms with Gasteiger partial charge in [-0.25, -0.2) is 0 Å². The van der Waals surface area contributed by atoms with Gasteiger partial charge in [0.25, 0.3) is 0 Å². The second kappa shape index (κ2) is 6.38. The molecule has 1 aromatic carbocycles. The van der Waals surface area contributed by atoms with Crippen LogP contribution in [0.15, 0.2) is 12.1 Å². The number of benzene rings is 1. The van der Waals surface area contributed by atoms with Crippen LogP contribution in [0.4, 0.5) is 5.69 Å². The van der Waals surface area contributed by atoms with Crippen LogP contribution in [0.3, 0.4) is 0 Å². The average molecular weight is 288 g/mol. The Morgan fingerprint density at radius 2 is 2.14 bits per heavy atom. The Kier molecular flexibility index (Phi) is 6.33. The van der Waals surface area contributed by atoms with E-state index in [1.54, 1.807) is 13.1 Å². The number of halogens is 1. The number of nitrogens with zero attached hydrogens (tertiary/aromatic N) is 1. The fourth-order valence-corrected chi connectivity index (χ4v) is 1.25. The van der Waals surface area contributed by atoms with Gasteiger partial charge in [-0.2, -0.15) is 0 Å². The van der Waals surface area contributed by atoms with E-state index in [1.807, 2.05) is 0 Å². The molecule has 0 bridgehead atoms. The molecule has 0 amide bonds. The summed E-state index contributed by atoms with van der Waals surface area (Å²) < 4.78 is 4.98. The molecule has 3 nitrogen and oxygen atoms in total. The fourth-order valence-electron chi connectivity index (χ4n) is 0.998. The molecule has 0 aliphatic rings. The number of methoxy groups -OCH3 is 1. The van der Waals surface area contributed by atoms with Crippen molar-refractivity contribution in [2.24, 2.45) is 0 Å². The second-order valence-electron chi connectivity index (χ2n) is 2.39. The Labute approximate surface area is 113 Å². The summed E-state index contributed by atoms with van der Waals surface area (Å²) in [5.41, 5.74) is 1.05. The van der Waals surface area contributed by atoms with E-state index < -0.39 is 0 Å². The van der Waals surface area contributed by atoms with Crippen LogP contribution in [0.2, 0.25) is 5.02 Å². The predicted molar refractivity (Wildman–Crippen MR) is 52.3 cm³/mol. The van der Waals surface area contributed by atoms with E-state index >= 15 is 0 Å². The molecular weight excluding hydrogens is 278 g/mol. The maximum atomic E-state index is 10.6. The van der Waals surface area contributed by atoms with Gasteiger partial charge in [0.15, 0.2) is 6.29 Å². The first kappa shape index (κ1) is 13.9. The summed E-state index contributed by atoms with van der Waals surface area (Å²) in [7, 11) is 3.12. The molecule has 1 aromatic rings. The molecule has 0 fully saturated rings. The topological polar surface area (TPSA) is 40.4 Å². The van der Waals surface area contributed by atoms with Crippen LogP contribution in [0, 0.1) is 0 Å². The van der Waals surface area contributed by atoms with E-state index in [4.69, 9.17) is 16.3 Å². The zero-order valence-electron chi connectivity index (χ0n) is 7.95. The van der Waals surface area contributed by atoms with Crippen molar-refractivity contribution in [1.29, 1.82) is 0 Å². The number of carbonyl (C=O) groups is 1. The third-order valence-electron chi connectivity index (χ3n) is 1.67. The second-order valence-corrected chi connectivity index (χ2v) is 2.79. The van der Waals surface area contributed by atoms with Crippen molar-refractivity contribution in [2.45, 2.75) is 0 Å². The maximum Gasteiger partial charge on any atom is 0.153 e. The first-order valence-electron chi connectivity index (χ1n) is 3.65. The van der Waals surface area contributed by atoms with Crippen LogP contribution in [0.1, 0.15) is 10.4 Å². The normalized spacial score (nSPS) is 8.79.